The number of likely N-dealkylation sites (tertiary alicyclic amines) is 1. The van der Waals surface area contributed by atoms with Gasteiger partial charge in [-0.2, -0.15) is 0 Å². The normalized spacial score (nSPS) is 22.4. The van der Waals surface area contributed by atoms with Crippen LogP contribution in [-0.2, 0) is 25.7 Å². The first kappa shape index (κ1) is 52.7. The van der Waals surface area contributed by atoms with E-state index in [1.165, 1.54) is 4.90 Å². The molecule has 3 aromatic carbocycles. The predicted molar refractivity (Wildman–Crippen MR) is 280 cm³/mol. The SMILES string of the molecule is [C-]#[N+]c1ccc(OC2C(C)(C)C(N3Cc4cc(N5CCN(CCCOCC(=O)N[C@H](C(=O)N6C[C@H](O)C[C@H]6C(=O)N[C@@H](C)c6ccc(-c7scnc7C)cc6)C(C)(C)C)CC5)ccc4C3=O)C2(C)C)cc1Cl. The standard InChI is InChI=1S/C55H69ClN8O7S/c1-33(35-12-14-36(15-13-35)46-34(2)58-32-72-46)59-48(67)44-27-39(65)30-63(44)50(69)47(53(3,4)5)60-45(66)31-70-25-11-20-61-21-23-62(24-22-61)38-16-18-41-37(26-38)29-64(49(41)68)51-54(6,7)52(55(51,8)9)71-40-17-19-43(57-10)42(56)28-40/h12-19,26,28,32-33,39,44,47,51-52,65H,11,20-25,27,29-31H2,1-9H3,(H,59,67)(H,60,66)/t33-,39+,44-,47+,51?,52?/m0/s1. The van der Waals surface area contributed by atoms with Gasteiger partial charge in [0.25, 0.3) is 5.91 Å². The van der Waals surface area contributed by atoms with Crippen LogP contribution in [0.15, 0.2) is 66.2 Å². The molecule has 8 rings (SSSR count). The number of thiazole rings is 1. The fraction of sp³-hybridized carbons (Fsp3) is 0.527. The number of aliphatic hydroxyl groups is 1. The first-order chi connectivity index (χ1) is 34.1. The topological polar surface area (TPSA) is 161 Å². The van der Waals surface area contributed by atoms with E-state index < -0.39 is 35.4 Å². The van der Waals surface area contributed by atoms with Crippen LogP contribution in [0.3, 0.4) is 0 Å². The molecule has 3 aliphatic heterocycles. The molecular formula is C55H69ClN8O7S. The average Bonchev–Trinajstić information content (AvgIpc) is 4.04. The number of piperazine rings is 1. The Morgan fingerprint density at radius 2 is 1.71 bits per heavy atom. The number of aliphatic hydroxyl groups excluding tert-OH is 1. The van der Waals surface area contributed by atoms with Crippen LogP contribution < -0.4 is 20.3 Å². The minimum atomic E-state index is -0.950. The zero-order chi connectivity index (χ0) is 51.9. The average molecular weight is 1020 g/mol. The second kappa shape index (κ2) is 21.1. The summed E-state index contributed by atoms with van der Waals surface area (Å²) in [6.07, 6.45) is -0.224. The van der Waals surface area contributed by atoms with Crippen molar-refractivity contribution in [3.8, 4) is 16.2 Å². The first-order valence-electron chi connectivity index (χ1n) is 25.0. The molecule has 4 atom stereocenters. The monoisotopic (exact) mass is 1020 g/mol. The lowest BCUT2D eigenvalue weighted by atomic mass is 9.49. The highest BCUT2D eigenvalue weighted by atomic mass is 35.5. The van der Waals surface area contributed by atoms with Crippen LogP contribution in [0.1, 0.15) is 101 Å². The molecule has 72 heavy (non-hydrogen) atoms. The molecule has 3 N–H and O–H groups in total. The third kappa shape index (κ3) is 10.9. The maximum atomic E-state index is 14.2. The number of carbonyl (C=O) groups excluding carboxylic acids is 4. The van der Waals surface area contributed by atoms with Gasteiger partial charge in [0.05, 0.1) is 39.8 Å². The fourth-order valence-electron chi connectivity index (χ4n) is 11.7. The van der Waals surface area contributed by atoms with E-state index in [1.807, 2.05) is 75.4 Å². The Hall–Kier alpha value is -5.57. The van der Waals surface area contributed by atoms with Gasteiger partial charge < -0.3 is 39.9 Å². The number of nitrogens with zero attached hydrogens (tertiary/aromatic N) is 6. The van der Waals surface area contributed by atoms with Gasteiger partial charge >= 0.3 is 0 Å². The van der Waals surface area contributed by atoms with Crippen LogP contribution in [0, 0.1) is 29.7 Å². The zero-order valence-corrected chi connectivity index (χ0v) is 44.5. The van der Waals surface area contributed by atoms with E-state index >= 15 is 0 Å². The van der Waals surface area contributed by atoms with Crippen molar-refractivity contribution < 1.29 is 33.8 Å². The van der Waals surface area contributed by atoms with Crippen LogP contribution in [0.25, 0.3) is 15.3 Å². The number of aryl methyl sites for hydroxylation is 1. The number of hydrogen-bond donors (Lipinski definition) is 3. The van der Waals surface area contributed by atoms with Crippen molar-refractivity contribution in [1.82, 2.24) is 30.3 Å². The first-order valence-corrected chi connectivity index (χ1v) is 26.3. The Kier molecular flexibility index (Phi) is 15.5. The van der Waals surface area contributed by atoms with Crippen LogP contribution in [-0.4, -0.2) is 131 Å². The van der Waals surface area contributed by atoms with E-state index in [0.717, 1.165) is 77.7 Å². The molecule has 4 amide bonds. The Balaban J connectivity index is 0.767. The molecule has 384 valence electrons. The molecular weight excluding hydrogens is 952 g/mol. The number of benzene rings is 3. The molecule has 4 heterocycles. The van der Waals surface area contributed by atoms with E-state index in [2.05, 4.69) is 70.1 Å². The number of aromatic nitrogens is 1. The number of anilines is 1. The molecule has 0 bridgehead atoms. The van der Waals surface area contributed by atoms with E-state index in [0.29, 0.717) is 29.6 Å². The Morgan fingerprint density at radius 1 is 1.00 bits per heavy atom. The van der Waals surface area contributed by atoms with Crippen LogP contribution in [0.4, 0.5) is 11.4 Å². The van der Waals surface area contributed by atoms with Gasteiger partial charge in [-0.1, -0.05) is 90.4 Å². The summed E-state index contributed by atoms with van der Waals surface area (Å²) in [4.78, 5) is 72.2. The Labute approximate surface area is 433 Å². The van der Waals surface area contributed by atoms with Gasteiger partial charge in [0.2, 0.25) is 23.4 Å². The molecule has 0 spiro atoms. The zero-order valence-electron chi connectivity index (χ0n) is 43.0. The van der Waals surface area contributed by atoms with Gasteiger partial charge in [-0.15, -0.1) is 11.3 Å². The van der Waals surface area contributed by atoms with Crippen molar-refractivity contribution in [3.63, 3.8) is 0 Å². The Morgan fingerprint density at radius 3 is 2.35 bits per heavy atom. The largest absolute Gasteiger partial charge is 0.489 e. The van der Waals surface area contributed by atoms with Crippen LogP contribution in [0.5, 0.6) is 5.75 Å². The van der Waals surface area contributed by atoms with E-state index in [4.69, 9.17) is 27.6 Å². The number of amides is 4. The van der Waals surface area contributed by atoms with Gasteiger partial charge in [0, 0.05) is 87.0 Å². The highest BCUT2D eigenvalue weighted by molar-refractivity contribution is 7.13. The second-order valence-electron chi connectivity index (χ2n) is 22.2. The fourth-order valence-corrected chi connectivity index (χ4v) is 12.8. The number of fused-ring (bicyclic) bond motifs is 1. The number of hydrogen-bond acceptors (Lipinski definition) is 11. The quantitative estimate of drug-likeness (QED) is 0.0740. The predicted octanol–water partition coefficient (Wildman–Crippen LogP) is 8.06. The van der Waals surface area contributed by atoms with Gasteiger partial charge in [0.1, 0.15) is 30.5 Å². The molecule has 1 aliphatic carbocycles. The van der Waals surface area contributed by atoms with Crippen molar-refractivity contribution in [1.29, 1.82) is 0 Å². The van der Waals surface area contributed by atoms with Crippen molar-refractivity contribution in [2.75, 3.05) is 57.4 Å². The summed E-state index contributed by atoms with van der Waals surface area (Å²) in [6.45, 7) is 30.2. The number of halogens is 1. The molecule has 3 fully saturated rings. The van der Waals surface area contributed by atoms with Gasteiger partial charge in [0.15, 0.2) is 0 Å². The van der Waals surface area contributed by atoms with Crippen molar-refractivity contribution in [2.24, 2.45) is 16.2 Å². The minimum Gasteiger partial charge on any atom is -0.489 e. The second-order valence-corrected chi connectivity index (χ2v) is 23.4. The third-order valence-corrected chi connectivity index (χ3v) is 16.4. The van der Waals surface area contributed by atoms with Gasteiger partial charge in [-0.3, -0.25) is 24.1 Å². The van der Waals surface area contributed by atoms with Gasteiger partial charge in [-0.25, -0.2) is 9.83 Å². The summed E-state index contributed by atoms with van der Waals surface area (Å²) in [5.41, 5.74) is 6.63. The summed E-state index contributed by atoms with van der Waals surface area (Å²) < 4.78 is 12.3. The summed E-state index contributed by atoms with van der Waals surface area (Å²) in [5, 5.41) is 17.0. The molecule has 1 aromatic heterocycles. The van der Waals surface area contributed by atoms with E-state index in [1.54, 1.807) is 29.5 Å². The summed E-state index contributed by atoms with van der Waals surface area (Å²) in [7, 11) is 0. The molecule has 17 heteroatoms. The number of nitrogens with one attached hydrogen (secondary N) is 2. The molecule has 4 aliphatic rings. The van der Waals surface area contributed by atoms with Crippen molar-refractivity contribution in [3.05, 3.63) is 105 Å². The number of rotatable bonds is 16. The van der Waals surface area contributed by atoms with Gasteiger partial charge in [-0.05, 0) is 72.7 Å². The van der Waals surface area contributed by atoms with Crippen LogP contribution >= 0.6 is 22.9 Å². The van der Waals surface area contributed by atoms with Crippen LogP contribution in [0.2, 0.25) is 5.02 Å². The number of ether oxygens (including phenoxy) is 2. The molecule has 0 unspecified atom stereocenters. The minimum absolute atomic E-state index is 0.00900. The molecule has 1 saturated carbocycles. The number of carbonyl (C=O) groups is 4. The third-order valence-electron chi connectivity index (χ3n) is 15.1. The number of β-amino-alcohol motifs (C(OH)–C–C–N with tert-alkyl or cyclic N) is 1. The molecule has 2 saturated heterocycles. The lowest BCUT2D eigenvalue weighted by molar-refractivity contribution is -0.199. The molecule has 0 radical (unpaired) electrons. The smallest absolute Gasteiger partial charge is 0.254 e. The lowest BCUT2D eigenvalue weighted by Gasteiger charge is -2.65. The highest BCUT2D eigenvalue weighted by Gasteiger charge is 2.67. The Bertz CT molecular complexity index is 2690. The maximum Gasteiger partial charge on any atom is 0.254 e. The summed E-state index contributed by atoms with van der Waals surface area (Å²) in [6, 6.07) is 17.1. The van der Waals surface area contributed by atoms with E-state index in [-0.39, 0.29) is 60.4 Å². The lowest BCUT2D eigenvalue weighted by Crippen LogP contribution is -2.74. The van der Waals surface area contributed by atoms with Crippen molar-refractivity contribution >= 4 is 57.9 Å². The van der Waals surface area contributed by atoms with E-state index in [9.17, 15) is 24.3 Å². The summed E-state index contributed by atoms with van der Waals surface area (Å²) >= 11 is 7.90. The molecule has 4 aromatic rings. The van der Waals surface area contributed by atoms with Crippen molar-refractivity contribution in [2.45, 2.75) is 118 Å². The molecule has 15 nitrogen and oxygen atoms in total. The summed E-state index contributed by atoms with van der Waals surface area (Å²) in [5.74, 6) is -0.552. The maximum absolute atomic E-state index is 14.2. The highest BCUT2D eigenvalue weighted by Crippen LogP contribution is 2.59.